The smallest absolute Gasteiger partial charge is 0.256 e. The van der Waals surface area contributed by atoms with Crippen molar-refractivity contribution in [2.45, 2.75) is 24.8 Å². The summed E-state index contributed by atoms with van der Waals surface area (Å²) in [7, 11) is -3.57. The summed E-state index contributed by atoms with van der Waals surface area (Å²) in [6, 6.07) is 8.63. The number of hydrogen-bond donors (Lipinski definition) is 2. The van der Waals surface area contributed by atoms with Crippen LogP contribution in [0.25, 0.3) is 0 Å². The van der Waals surface area contributed by atoms with Gasteiger partial charge in [0.1, 0.15) is 5.82 Å². The van der Waals surface area contributed by atoms with Gasteiger partial charge < -0.3 is 5.32 Å². The van der Waals surface area contributed by atoms with Gasteiger partial charge in [0.05, 0.1) is 9.92 Å². The van der Waals surface area contributed by atoms with E-state index in [0.29, 0.717) is 16.4 Å². The van der Waals surface area contributed by atoms with Crippen molar-refractivity contribution in [1.29, 1.82) is 0 Å². The van der Waals surface area contributed by atoms with Crippen LogP contribution in [0.4, 0.5) is 5.82 Å². The molecule has 1 amide bonds. The maximum absolute atomic E-state index is 12.1. The summed E-state index contributed by atoms with van der Waals surface area (Å²) in [5.41, 5.74) is 0.324. The molecule has 1 heterocycles. The van der Waals surface area contributed by atoms with E-state index >= 15 is 0 Å². The van der Waals surface area contributed by atoms with Gasteiger partial charge in [-0.2, -0.15) is 0 Å². The van der Waals surface area contributed by atoms with Crippen LogP contribution < -0.4 is 10.0 Å². The number of rotatable bonds is 5. The molecule has 2 N–H and O–H groups in total. The molecule has 2 rings (SSSR count). The zero-order valence-electron chi connectivity index (χ0n) is 12.6. The first-order valence-electron chi connectivity index (χ1n) is 6.83. The Kier molecular flexibility index (Phi) is 5.35. The molecule has 8 heteroatoms. The number of nitrogens with one attached hydrogen (secondary N) is 2. The number of benzene rings is 1. The molecule has 23 heavy (non-hydrogen) atoms. The summed E-state index contributed by atoms with van der Waals surface area (Å²) >= 11 is 5.72. The molecule has 2 aromatic rings. The highest BCUT2D eigenvalue weighted by molar-refractivity contribution is 7.89. The molecular weight excluding hydrogens is 338 g/mol. The van der Waals surface area contributed by atoms with Crippen LogP contribution in [0.2, 0.25) is 5.02 Å². The number of halogens is 1. The fourth-order valence-electron chi connectivity index (χ4n) is 1.80. The highest BCUT2D eigenvalue weighted by atomic mass is 35.5. The monoisotopic (exact) mass is 353 g/mol. The number of carbonyl (C=O) groups excluding carboxylic acids is 1. The van der Waals surface area contributed by atoms with Crippen molar-refractivity contribution in [3.8, 4) is 0 Å². The number of sulfonamides is 1. The van der Waals surface area contributed by atoms with E-state index < -0.39 is 10.0 Å². The maximum Gasteiger partial charge on any atom is 0.256 e. The lowest BCUT2D eigenvalue weighted by Crippen LogP contribution is -2.30. The quantitative estimate of drug-likeness (QED) is 0.865. The number of hydrogen-bond acceptors (Lipinski definition) is 4. The Hall–Kier alpha value is -1.96. The average Bonchev–Trinajstić information content (AvgIpc) is 2.48. The van der Waals surface area contributed by atoms with Crippen molar-refractivity contribution in [2.75, 3.05) is 5.32 Å². The molecule has 0 saturated carbocycles. The number of amides is 1. The average molecular weight is 354 g/mol. The van der Waals surface area contributed by atoms with Crippen LogP contribution in [0.15, 0.2) is 47.5 Å². The fourth-order valence-corrected chi connectivity index (χ4v) is 3.16. The molecule has 0 atom stereocenters. The second-order valence-corrected chi connectivity index (χ2v) is 7.27. The fraction of sp³-hybridized carbons (Fsp3) is 0.200. The first kappa shape index (κ1) is 17.4. The Morgan fingerprint density at radius 3 is 2.30 bits per heavy atom. The van der Waals surface area contributed by atoms with Crippen molar-refractivity contribution >= 4 is 33.3 Å². The number of pyridine rings is 1. The molecule has 0 aliphatic rings. The minimum absolute atomic E-state index is 0.104. The lowest BCUT2D eigenvalue weighted by atomic mass is 10.2. The van der Waals surface area contributed by atoms with Crippen molar-refractivity contribution in [2.24, 2.45) is 0 Å². The van der Waals surface area contributed by atoms with E-state index in [9.17, 15) is 13.2 Å². The Morgan fingerprint density at radius 2 is 1.78 bits per heavy atom. The van der Waals surface area contributed by atoms with Crippen LogP contribution in [0.1, 0.15) is 24.2 Å². The molecule has 122 valence electrons. The van der Waals surface area contributed by atoms with E-state index in [4.69, 9.17) is 11.6 Å². The standard InChI is InChI=1S/C15H16ClN3O3S/c1-10(2)19-23(21,22)13-6-3-11(4-7-13)15(20)18-14-8-5-12(16)9-17-14/h3-10,19H,1-2H3,(H,17,18,20). The van der Waals surface area contributed by atoms with Crippen LogP contribution in [-0.4, -0.2) is 25.4 Å². The molecule has 0 aliphatic carbocycles. The van der Waals surface area contributed by atoms with Crippen LogP contribution in [0.5, 0.6) is 0 Å². The zero-order valence-corrected chi connectivity index (χ0v) is 14.1. The Balaban J connectivity index is 2.13. The summed E-state index contributed by atoms with van der Waals surface area (Å²) in [6.45, 7) is 3.47. The van der Waals surface area contributed by atoms with Crippen molar-refractivity contribution < 1.29 is 13.2 Å². The number of carbonyl (C=O) groups is 1. The minimum Gasteiger partial charge on any atom is -0.307 e. The lowest BCUT2D eigenvalue weighted by Gasteiger charge is -2.10. The largest absolute Gasteiger partial charge is 0.307 e. The Bertz CT molecular complexity index is 788. The Morgan fingerprint density at radius 1 is 1.13 bits per heavy atom. The van der Waals surface area contributed by atoms with Gasteiger partial charge in [0.2, 0.25) is 10.0 Å². The first-order valence-corrected chi connectivity index (χ1v) is 8.69. The molecule has 0 spiro atoms. The summed E-state index contributed by atoms with van der Waals surface area (Å²) in [5.74, 6) is -0.0295. The van der Waals surface area contributed by atoms with Crippen molar-refractivity contribution in [3.63, 3.8) is 0 Å². The molecule has 0 saturated heterocycles. The molecule has 0 bridgehead atoms. The van der Waals surface area contributed by atoms with E-state index in [1.54, 1.807) is 26.0 Å². The molecule has 0 unspecified atom stereocenters. The van der Waals surface area contributed by atoms with Gasteiger partial charge in [-0.05, 0) is 50.2 Å². The second-order valence-electron chi connectivity index (χ2n) is 5.12. The van der Waals surface area contributed by atoms with Gasteiger partial charge in [0, 0.05) is 17.8 Å². The van der Waals surface area contributed by atoms with Gasteiger partial charge in [-0.3, -0.25) is 4.79 Å². The third-order valence-corrected chi connectivity index (χ3v) is 4.68. The minimum atomic E-state index is -3.57. The van der Waals surface area contributed by atoms with Gasteiger partial charge in [-0.15, -0.1) is 0 Å². The summed E-state index contributed by atoms with van der Waals surface area (Å²) in [6.07, 6.45) is 1.42. The molecule has 0 fully saturated rings. The molecule has 1 aromatic heterocycles. The second kappa shape index (κ2) is 7.08. The summed E-state index contributed by atoms with van der Waals surface area (Å²) < 4.78 is 26.5. The van der Waals surface area contributed by atoms with E-state index in [1.165, 1.54) is 30.5 Å². The van der Waals surface area contributed by atoms with Crippen molar-refractivity contribution in [3.05, 3.63) is 53.2 Å². The van der Waals surface area contributed by atoms with Crippen LogP contribution in [0, 0.1) is 0 Å². The SMILES string of the molecule is CC(C)NS(=O)(=O)c1ccc(C(=O)Nc2ccc(Cl)cn2)cc1. The highest BCUT2D eigenvalue weighted by Gasteiger charge is 2.16. The lowest BCUT2D eigenvalue weighted by molar-refractivity contribution is 0.102. The molecule has 0 radical (unpaired) electrons. The normalized spacial score (nSPS) is 11.5. The van der Waals surface area contributed by atoms with Crippen LogP contribution in [0.3, 0.4) is 0 Å². The van der Waals surface area contributed by atoms with Crippen LogP contribution >= 0.6 is 11.6 Å². The predicted octanol–water partition coefficient (Wildman–Crippen LogP) is 2.67. The first-order chi connectivity index (χ1) is 10.8. The van der Waals surface area contributed by atoms with E-state index in [-0.39, 0.29) is 16.8 Å². The van der Waals surface area contributed by atoms with E-state index in [1.807, 2.05) is 0 Å². The van der Waals surface area contributed by atoms with Gasteiger partial charge >= 0.3 is 0 Å². The third kappa shape index (κ3) is 4.75. The number of anilines is 1. The van der Waals surface area contributed by atoms with Gasteiger partial charge in [0.15, 0.2) is 0 Å². The highest BCUT2D eigenvalue weighted by Crippen LogP contribution is 2.14. The maximum atomic E-state index is 12.1. The zero-order chi connectivity index (χ0) is 17.0. The predicted molar refractivity (Wildman–Crippen MR) is 89.1 cm³/mol. The molecule has 6 nitrogen and oxygen atoms in total. The third-order valence-electron chi connectivity index (χ3n) is 2.79. The van der Waals surface area contributed by atoms with E-state index in [0.717, 1.165) is 0 Å². The molecular formula is C15H16ClN3O3S. The summed E-state index contributed by atoms with van der Waals surface area (Å²) in [4.78, 5) is 16.2. The summed E-state index contributed by atoms with van der Waals surface area (Å²) in [5, 5.41) is 3.07. The van der Waals surface area contributed by atoms with Crippen LogP contribution in [-0.2, 0) is 10.0 Å². The van der Waals surface area contributed by atoms with Gasteiger partial charge in [-0.25, -0.2) is 18.1 Å². The number of aromatic nitrogens is 1. The van der Waals surface area contributed by atoms with Gasteiger partial charge in [-0.1, -0.05) is 11.6 Å². The van der Waals surface area contributed by atoms with E-state index in [2.05, 4.69) is 15.0 Å². The molecule has 1 aromatic carbocycles. The topological polar surface area (TPSA) is 88.2 Å². The molecule has 0 aliphatic heterocycles. The van der Waals surface area contributed by atoms with Crippen molar-refractivity contribution in [1.82, 2.24) is 9.71 Å². The Labute approximate surface area is 139 Å². The van der Waals surface area contributed by atoms with Gasteiger partial charge in [0.25, 0.3) is 5.91 Å². The number of nitrogens with zero attached hydrogens (tertiary/aromatic N) is 1.